The summed E-state index contributed by atoms with van der Waals surface area (Å²) < 4.78 is 1.84. The highest BCUT2D eigenvalue weighted by molar-refractivity contribution is 7.99. The van der Waals surface area contributed by atoms with E-state index in [2.05, 4.69) is 32.4 Å². The summed E-state index contributed by atoms with van der Waals surface area (Å²) in [6.07, 6.45) is 1.53. The van der Waals surface area contributed by atoms with Crippen LogP contribution in [0.2, 0.25) is 0 Å². The number of aromatic amines is 1. The first-order valence-corrected chi connectivity index (χ1v) is 7.80. The number of nitrogens with one attached hydrogen (secondary N) is 3. The van der Waals surface area contributed by atoms with Crippen LogP contribution in [0.15, 0.2) is 42.1 Å². The van der Waals surface area contributed by atoms with Gasteiger partial charge in [0, 0.05) is 6.54 Å². The van der Waals surface area contributed by atoms with E-state index in [1.807, 2.05) is 28.7 Å². The lowest BCUT2D eigenvalue weighted by Crippen LogP contribution is -2.40. The van der Waals surface area contributed by atoms with E-state index in [1.165, 1.54) is 17.8 Å². The second-order valence-corrected chi connectivity index (χ2v) is 5.54. The van der Waals surface area contributed by atoms with Crippen LogP contribution in [0.3, 0.4) is 0 Å². The van der Waals surface area contributed by atoms with Gasteiger partial charge < -0.3 is 5.32 Å². The third-order valence-corrected chi connectivity index (χ3v) is 3.93. The van der Waals surface area contributed by atoms with Crippen LogP contribution in [0.1, 0.15) is 0 Å². The normalized spacial score (nSPS) is 10.8. The summed E-state index contributed by atoms with van der Waals surface area (Å²) >= 11 is 1.22. The molecule has 3 rings (SSSR count). The van der Waals surface area contributed by atoms with Gasteiger partial charge in [-0.25, -0.2) is 14.9 Å². The topological polar surface area (TPSA) is 104 Å². The van der Waals surface area contributed by atoms with Crippen LogP contribution in [0.25, 0.3) is 16.8 Å². The highest BCUT2D eigenvalue weighted by Gasteiger charge is 2.14. The van der Waals surface area contributed by atoms with Crippen LogP contribution in [0, 0.1) is 0 Å². The average Bonchev–Trinajstić information content (AvgIpc) is 3.10. The van der Waals surface area contributed by atoms with Crippen LogP contribution in [-0.4, -0.2) is 43.8 Å². The van der Waals surface area contributed by atoms with Gasteiger partial charge in [0.05, 0.1) is 16.8 Å². The van der Waals surface area contributed by atoms with Gasteiger partial charge in [-0.2, -0.15) is 0 Å². The number of benzene rings is 1. The van der Waals surface area contributed by atoms with E-state index in [9.17, 15) is 9.59 Å². The minimum Gasteiger partial charge on any atom is -0.334 e. The zero-order valence-electron chi connectivity index (χ0n) is 12.1. The Hall–Kier alpha value is -2.81. The number of para-hydroxylation sites is 2. The standard InChI is InChI=1S/C14H14N6O2S/c1-2-7-15-13(22)17-11(21)8-23-14-19-18-12-16-9-5-3-4-6-10(9)20(12)14/h2-6H,1,7-8H2,(H,16,18)(H2,15,17,21,22). The minimum absolute atomic E-state index is 0.0635. The molecule has 0 fully saturated rings. The lowest BCUT2D eigenvalue weighted by molar-refractivity contribution is -0.117. The van der Waals surface area contributed by atoms with E-state index in [-0.39, 0.29) is 5.75 Å². The molecular formula is C14H14N6O2S. The van der Waals surface area contributed by atoms with Gasteiger partial charge in [0.2, 0.25) is 11.7 Å². The third-order valence-electron chi connectivity index (χ3n) is 3.00. The summed E-state index contributed by atoms with van der Waals surface area (Å²) in [4.78, 5) is 27.6. The van der Waals surface area contributed by atoms with E-state index in [0.717, 1.165) is 11.0 Å². The largest absolute Gasteiger partial charge is 0.334 e. The monoisotopic (exact) mass is 330 g/mol. The Morgan fingerprint density at radius 3 is 3.04 bits per heavy atom. The van der Waals surface area contributed by atoms with Crippen molar-refractivity contribution in [3.8, 4) is 0 Å². The van der Waals surface area contributed by atoms with Crippen molar-refractivity contribution < 1.29 is 9.59 Å². The van der Waals surface area contributed by atoms with Crippen LogP contribution in [-0.2, 0) is 4.79 Å². The molecule has 0 spiro atoms. The quantitative estimate of drug-likeness (QED) is 0.483. The zero-order valence-corrected chi connectivity index (χ0v) is 12.9. The predicted molar refractivity (Wildman–Crippen MR) is 87.3 cm³/mol. The molecule has 3 N–H and O–H groups in total. The summed E-state index contributed by atoms with van der Waals surface area (Å²) in [5, 5.41) is 12.3. The smallest absolute Gasteiger partial charge is 0.321 e. The second kappa shape index (κ2) is 6.53. The molecule has 2 heterocycles. The number of fused-ring (bicyclic) bond motifs is 3. The van der Waals surface area contributed by atoms with Crippen molar-refractivity contribution >= 4 is 40.5 Å². The number of hydrogen-bond donors (Lipinski definition) is 3. The number of nitrogens with zero attached hydrogens (tertiary/aromatic N) is 3. The van der Waals surface area contributed by atoms with E-state index in [1.54, 1.807) is 0 Å². The molecule has 8 nitrogen and oxygen atoms in total. The Labute approximate surface area is 135 Å². The van der Waals surface area contributed by atoms with E-state index in [4.69, 9.17) is 0 Å². The number of carbonyl (C=O) groups excluding carboxylic acids is 2. The number of amides is 3. The van der Waals surface area contributed by atoms with Gasteiger partial charge in [-0.05, 0) is 12.1 Å². The maximum absolute atomic E-state index is 11.8. The van der Waals surface area contributed by atoms with Gasteiger partial charge in [-0.1, -0.05) is 30.0 Å². The Kier molecular flexibility index (Phi) is 4.29. The van der Waals surface area contributed by atoms with Crippen molar-refractivity contribution in [1.82, 2.24) is 30.2 Å². The number of aromatic nitrogens is 4. The number of imide groups is 1. The number of carbonyl (C=O) groups is 2. The SMILES string of the molecule is C=CCNC(=O)NC(=O)CSc1n[nH]c2nc3ccccc3n12. The first-order chi connectivity index (χ1) is 11.2. The van der Waals surface area contributed by atoms with E-state index < -0.39 is 11.9 Å². The molecule has 0 unspecified atom stereocenters. The Morgan fingerprint density at radius 1 is 1.39 bits per heavy atom. The highest BCUT2D eigenvalue weighted by Crippen LogP contribution is 2.22. The van der Waals surface area contributed by atoms with E-state index >= 15 is 0 Å². The molecule has 0 bridgehead atoms. The van der Waals surface area contributed by atoms with Crippen molar-refractivity contribution in [1.29, 1.82) is 0 Å². The van der Waals surface area contributed by atoms with Crippen LogP contribution < -0.4 is 10.6 Å². The molecule has 0 aliphatic carbocycles. The molecule has 0 saturated heterocycles. The Balaban J connectivity index is 1.69. The molecule has 0 atom stereocenters. The molecule has 3 aromatic rings. The molecule has 2 aromatic heterocycles. The maximum Gasteiger partial charge on any atom is 0.321 e. The predicted octanol–water partition coefficient (Wildman–Crippen LogP) is 1.31. The van der Waals surface area contributed by atoms with Gasteiger partial charge in [0.1, 0.15) is 0 Å². The van der Waals surface area contributed by atoms with Gasteiger partial charge >= 0.3 is 6.03 Å². The van der Waals surface area contributed by atoms with Crippen molar-refractivity contribution in [2.24, 2.45) is 0 Å². The molecule has 1 aromatic carbocycles. The van der Waals surface area contributed by atoms with E-state index in [0.29, 0.717) is 17.5 Å². The average molecular weight is 330 g/mol. The fourth-order valence-corrected chi connectivity index (χ4v) is 2.80. The van der Waals surface area contributed by atoms with Crippen molar-refractivity contribution in [2.75, 3.05) is 12.3 Å². The van der Waals surface area contributed by atoms with Crippen LogP contribution >= 0.6 is 11.8 Å². The maximum atomic E-state index is 11.8. The number of rotatable bonds is 5. The molecule has 0 radical (unpaired) electrons. The van der Waals surface area contributed by atoms with Crippen LogP contribution in [0.5, 0.6) is 0 Å². The molecule has 9 heteroatoms. The second-order valence-electron chi connectivity index (χ2n) is 4.60. The van der Waals surface area contributed by atoms with Crippen molar-refractivity contribution in [3.05, 3.63) is 36.9 Å². The number of thioether (sulfide) groups is 1. The minimum atomic E-state index is -0.546. The van der Waals surface area contributed by atoms with Crippen LogP contribution in [0.4, 0.5) is 4.79 Å². The number of hydrogen-bond acceptors (Lipinski definition) is 5. The lowest BCUT2D eigenvalue weighted by Gasteiger charge is -2.04. The summed E-state index contributed by atoms with van der Waals surface area (Å²) in [6.45, 7) is 3.78. The van der Waals surface area contributed by atoms with Crippen molar-refractivity contribution in [3.63, 3.8) is 0 Å². The van der Waals surface area contributed by atoms with Gasteiger partial charge in [-0.3, -0.25) is 14.5 Å². The van der Waals surface area contributed by atoms with Gasteiger partial charge in [-0.15, -0.1) is 11.7 Å². The Bertz CT molecular complexity index is 884. The molecule has 0 saturated carbocycles. The molecule has 118 valence electrons. The fraction of sp³-hybridized carbons (Fsp3) is 0.143. The highest BCUT2D eigenvalue weighted by atomic mass is 32.2. The summed E-state index contributed by atoms with van der Waals surface area (Å²) in [7, 11) is 0. The Morgan fingerprint density at radius 2 is 2.22 bits per heavy atom. The molecular weight excluding hydrogens is 316 g/mol. The zero-order chi connectivity index (χ0) is 16.2. The summed E-state index contributed by atoms with van der Waals surface area (Å²) in [5.41, 5.74) is 1.75. The summed E-state index contributed by atoms with van der Waals surface area (Å²) in [6, 6.07) is 7.11. The number of imidazole rings is 1. The lowest BCUT2D eigenvalue weighted by atomic mass is 10.3. The third kappa shape index (κ3) is 3.19. The fourth-order valence-electron chi connectivity index (χ4n) is 2.04. The van der Waals surface area contributed by atoms with Gasteiger partial charge in [0.15, 0.2) is 5.16 Å². The number of H-pyrrole nitrogens is 1. The number of urea groups is 1. The first-order valence-electron chi connectivity index (χ1n) is 6.82. The van der Waals surface area contributed by atoms with Gasteiger partial charge in [0.25, 0.3) is 0 Å². The van der Waals surface area contributed by atoms with Crippen molar-refractivity contribution in [2.45, 2.75) is 5.16 Å². The molecule has 23 heavy (non-hydrogen) atoms. The first kappa shape index (κ1) is 15.1. The molecule has 3 amide bonds. The molecule has 0 aliphatic rings. The molecule has 0 aliphatic heterocycles. The summed E-state index contributed by atoms with van der Waals surface area (Å²) in [5.74, 6) is 0.267.